The lowest BCUT2D eigenvalue weighted by molar-refractivity contribution is -0.129. The van der Waals surface area contributed by atoms with Crippen LogP contribution in [0, 0.1) is 0 Å². The van der Waals surface area contributed by atoms with Gasteiger partial charge in [-0.2, -0.15) is 5.10 Å². The number of aromatic amines is 1. The van der Waals surface area contributed by atoms with Gasteiger partial charge in [-0.1, -0.05) is 0 Å². The third kappa shape index (κ3) is 3.27. The number of amides is 1. The Morgan fingerprint density at radius 1 is 1.45 bits per heavy atom. The summed E-state index contributed by atoms with van der Waals surface area (Å²) >= 11 is 0. The number of nitrogens with one attached hydrogen (secondary N) is 1. The molecule has 0 aromatic carbocycles. The van der Waals surface area contributed by atoms with Crippen molar-refractivity contribution in [3.05, 3.63) is 30.6 Å². The molecule has 116 valence electrons. The van der Waals surface area contributed by atoms with E-state index in [0.717, 1.165) is 42.9 Å². The van der Waals surface area contributed by atoms with E-state index in [1.54, 1.807) is 19.3 Å². The van der Waals surface area contributed by atoms with Crippen LogP contribution in [0.1, 0.15) is 26.2 Å². The molecule has 1 fully saturated rings. The van der Waals surface area contributed by atoms with Crippen LogP contribution >= 0.6 is 0 Å². The molecule has 1 aliphatic rings. The molecule has 1 aliphatic heterocycles. The fraction of sp³-hybridized carbons (Fsp3) is 0.438. The molecule has 6 nitrogen and oxygen atoms in total. The van der Waals surface area contributed by atoms with Gasteiger partial charge >= 0.3 is 0 Å². The molecule has 3 heterocycles. The van der Waals surface area contributed by atoms with Crippen LogP contribution in [0.25, 0.3) is 11.4 Å². The van der Waals surface area contributed by atoms with Crippen LogP contribution in [0.5, 0.6) is 5.75 Å². The molecule has 0 spiro atoms. The van der Waals surface area contributed by atoms with E-state index in [4.69, 9.17) is 4.74 Å². The molecule has 1 atom stereocenters. The molecule has 22 heavy (non-hydrogen) atoms. The summed E-state index contributed by atoms with van der Waals surface area (Å²) in [7, 11) is 0. The van der Waals surface area contributed by atoms with Gasteiger partial charge in [0, 0.05) is 32.1 Å². The molecule has 0 bridgehead atoms. The van der Waals surface area contributed by atoms with Gasteiger partial charge in [0.1, 0.15) is 5.75 Å². The van der Waals surface area contributed by atoms with Crippen molar-refractivity contribution in [2.24, 2.45) is 0 Å². The van der Waals surface area contributed by atoms with Crippen molar-refractivity contribution in [3.8, 4) is 17.1 Å². The molecular formula is C16H20N4O2. The van der Waals surface area contributed by atoms with E-state index in [9.17, 15) is 4.79 Å². The van der Waals surface area contributed by atoms with Crippen LogP contribution in [0.2, 0.25) is 0 Å². The average molecular weight is 300 g/mol. The van der Waals surface area contributed by atoms with Gasteiger partial charge < -0.3 is 9.64 Å². The number of aromatic nitrogens is 3. The van der Waals surface area contributed by atoms with Crippen molar-refractivity contribution in [3.63, 3.8) is 0 Å². The maximum Gasteiger partial charge on any atom is 0.219 e. The second-order valence-electron chi connectivity index (χ2n) is 5.50. The number of hydrogen-bond donors (Lipinski definition) is 1. The third-order valence-corrected chi connectivity index (χ3v) is 4.01. The zero-order chi connectivity index (χ0) is 15.4. The summed E-state index contributed by atoms with van der Waals surface area (Å²) in [5.41, 5.74) is 1.72. The largest absolute Gasteiger partial charge is 0.492 e. The molecule has 6 heteroatoms. The monoisotopic (exact) mass is 300 g/mol. The highest BCUT2D eigenvalue weighted by Gasteiger charge is 2.25. The standard InChI is InChI=1S/C16H20N4O2/c1-12(21)20-9-2-3-13(20)7-10-22-14-4-5-15(17-11-14)16-6-8-18-19-16/h4-6,8,11,13H,2-3,7,9-10H2,1H3,(H,18,19)/t13-/m0/s1. The highest BCUT2D eigenvalue weighted by molar-refractivity contribution is 5.73. The van der Waals surface area contributed by atoms with Gasteiger partial charge in [-0.15, -0.1) is 0 Å². The number of rotatable bonds is 5. The lowest BCUT2D eigenvalue weighted by Gasteiger charge is -2.23. The maximum atomic E-state index is 11.5. The predicted molar refractivity (Wildman–Crippen MR) is 82.3 cm³/mol. The topological polar surface area (TPSA) is 71.1 Å². The summed E-state index contributed by atoms with van der Waals surface area (Å²) in [6, 6.07) is 6.00. The number of ether oxygens (including phenoxy) is 1. The minimum absolute atomic E-state index is 0.160. The highest BCUT2D eigenvalue weighted by atomic mass is 16.5. The first-order valence-electron chi connectivity index (χ1n) is 7.60. The fourth-order valence-electron chi connectivity index (χ4n) is 2.89. The number of carbonyl (C=O) groups excluding carboxylic acids is 1. The lowest BCUT2D eigenvalue weighted by atomic mass is 10.1. The third-order valence-electron chi connectivity index (χ3n) is 4.01. The molecular weight excluding hydrogens is 280 g/mol. The van der Waals surface area contributed by atoms with Gasteiger partial charge in [-0.05, 0) is 31.0 Å². The van der Waals surface area contributed by atoms with Gasteiger partial charge in [0.2, 0.25) is 5.91 Å². The molecule has 1 saturated heterocycles. The minimum atomic E-state index is 0.160. The van der Waals surface area contributed by atoms with Crippen LogP contribution in [-0.2, 0) is 4.79 Å². The van der Waals surface area contributed by atoms with E-state index >= 15 is 0 Å². The molecule has 1 N–H and O–H groups in total. The SMILES string of the molecule is CC(=O)N1CCC[C@H]1CCOc1ccc(-c2ccn[nH]2)nc1. The Bertz CT molecular complexity index is 610. The van der Waals surface area contributed by atoms with Crippen molar-refractivity contribution < 1.29 is 9.53 Å². The first-order valence-corrected chi connectivity index (χ1v) is 7.60. The zero-order valence-corrected chi connectivity index (χ0v) is 12.7. The summed E-state index contributed by atoms with van der Waals surface area (Å²) in [6.07, 6.45) is 6.43. The van der Waals surface area contributed by atoms with Crippen LogP contribution in [-0.4, -0.2) is 45.2 Å². The van der Waals surface area contributed by atoms with E-state index in [1.807, 2.05) is 23.1 Å². The Balaban J connectivity index is 1.51. The molecule has 0 unspecified atom stereocenters. The molecule has 0 radical (unpaired) electrons. The Morgan fingerprint density at radius 2 is 2.36 bits per heavy atom. The van der Waals surface area contributed by atoms with Gasteiger partial charge in [0.05, 0.1) is 24.2 Å². The van der Waals surface area contributed by atoms with Crippen LogP contribution in [0.4, 0.5) is 0 Å². The van der Waals surface area contributed by atoms with Crippen LogP contribution in [0.15, 0.2) is 30.6 Å². The fourth-order valence-corrected chi connectivity index (χ4v) is 2.89. The van der Waals surface area contributed by atoms with E-state index in [1.165, 1.54) is 0 Å². The highest BCUT2D eigenvalue weighted by Crippen LogP contribution is 2.21. The maximum absolute atomic E-state index is 11.5. The molecule has 2 aromatic heterocycles. The Morgan fingerprint density at radius 3 is 3.05 bits per heavy atom. The quantitative estimate of drug-likeness (QED) is 0.919. The molecule has 1 amide bonds. The van der Waals surface area contributed by atoms with E-state index in [0.29, 0.717) is 12.6 Å². The first-order chi connectivity index (χ1) is 10.7. The van der Waals surface area contributed by atoms with Gasteiger partial charge in [0.25, 0.3) is 0 Å². The number of pyridine rings is 1. The normalized spacial score (nSPS) is 17.7. The summed E-state index contributed by atoms with van der Waals surface area (Å²) in [5, 5.41) is 6.79. The second-order valence-corrected chi connectivity index (χ2v) is 5.50. The summed E-state index contributed by atoms with van der Waals surface area (Å²) in [4.78, 5) is 17.8. The Kier molecular flexibility index (Phi) is 4.37. The van der Waals surface area contributed by atoms with E-state index in [-0.39, 0.29) is 5.91 Å². The Labute approximate surface area is 129 Å². The lowest BCUT2D eigenvalue weighted by Crippen LogP contribution is -2.34. The van der Waals surface area contributed by atoms with Crippen molar-refractivity contribution >= 4 is 5.91 Å². The molecule has 3 rings (SSSR count). The number of H-pyrrole nitrogens is 1. The van der Waals surface area contributed by atoms with Crippen LogP contribution in [0.3, 0.4) is 0 Å². The van der Waals surface area contributed by atoms with E-state index in [2.05, 4.69) is 15.2 Å². The van der Waals surface area contributed by atoms with Gasteiger partial charge in [-0.25, -0.2) is 0 Å². The number of nitrogens with zero attached hydrogens (tertiary/aromatic N) is 3. The van der Waals surface area contributed by atoms with Crippen molar-refractivity contribution in [2.75, 3.05) is 13.2 Å². The molecule has 0 saturated carbocycles. The summed E-state index contributed by atoms with van der Waals surface area (Å²) in [5.74, 6) is 0.906. The number of likely N-dealkylation sites (tertiary alicyclic amines) is 1. The smallest absolute Gasteiger partial charge is 0.219 e. The average Bonchev–Trinajstić information content (AvgIpc) is 3.19. The molecule has 0 aliphatic carbocycles. The van der Waals surface area contributed by atoms with E-state index < -0.39 is 0 Å². The van der Waals surface area contributed by atoms with Gasteiger partial charge in [-0.3, -0.25) is 14.9 Å². The van der Waals surface area contributed by atoms with Crippen molar-refractivity contribution in [1.82, 2.24) is 20.1 Å². The minimum Gasteiger partial charge on any atom is -0.492 e. The number of hydrogen-bond acceptors (Lipinski definition) is 4. The second kappa shape index (κ2) is 6.60. The zero-order valence-electron chi connectivity index (χ0n) is 12.7. The van der Waals surface area contributed by atoms with Crippen LogP contribution < -0.4 is 4.74 Å². The predicted octanol–water partition coefficient (Wildman–Crippen LogP) is 2.25. The molecule has 2 aromatic rings. The summed E-state index contributed by atoms with van der Waals surface area (Å²) < 4.78 is 5.74. The summed E-state index contributed by atoms with van der Waals surface area (Å²) in [6.45, 7) is 3.11. The van der Waals surface area contributed by atoms with Gasteiger partial charge in [0.15, 0.2) is 0 Å². The first kappa shape index (κ1) is 14.6. The van der Waals surface area contributed by atoms with Crippen molar-refractivity contribution in [2.45, 2.75) is 32.2 Å². The number of carbonyl (C=O) groups is 1. The van der Waals surface area contributed by atoms with Crippen molar-refractivity contribution in [1.29, 1.82) is 0 Å². The Hall–Kier alpha value is -2.37.